The summed E-state index contributed by atoms with van der Waals surface area (Å²) in [7, 11) is 0. The van der Waals surface area contributed by atoms with Crippen LogP contribution in [0.5, 0.6) is 0 Å². The second kappa shape index (κ2) is 7.72. The highest BCUT2D eigenvalue weighted by Crippen LogP contribution is 2.13. The van der Waals surface area contributed by atoms with Crippen LogP contribution in [0, 0.1) is 0 Å². The zero-order chi connectivity index (χ0) is 15.9. The molecule has 2 amide bonds. The molecule has 0 bridgehead atoms. The third kappa shape index (κ3) is 4.68. The first-order valence-corrected chi connectivity index (χ1v) is 7.50. The number of hydrogen-bond donors (Lipinski definition) is 3. The van der Waals surface area contributed by atoms with Crippen molar-refractivity contribution in [2.75, 3.05) is 5.32 Å². The minimum absolute atomic E-state index is 0.278. The van der Waals surface area contributed by atoms with Crippen molar-refractivity contribution in [3.63, 3.8) is 0 Å². The van der Waals surface area contributed by atoms with Gasteiger partial charge in [-0.2, -0.15) is 0 Å². The molecule has 22 heavy (non-hydrogen) atoms. The van der Waals surface area contributed by atoms with Gasteiger partial charge in [-0.15, -0.1) is 0 Å². The predicted octanol–water partition coefficient (Wildman–Crippen LogP) is 2.16. The van der Waals surface area contributed by atoms with Crippen LogP contribution >= 0.6 is 15.9 Å². The minimum atomic E-state index is -0.697. The Kier molecular flexibility index (Phi) is 5.68. The molecule has 5 nitrogen and oxygen atoms in total. The maximum atomic E-state index is 11.8. The molecule has 2 rings (SSSR count). The van der Waals surface area contributed by atoms with Gasteiger partial charge in [-0.25, -0.2) is 0 Å². The highest BCUT2D eigenvalue weighted by atomic mass is 79.9. The van der Waals surface area contributed by atoms with Gasteiger partial charge in [0.2, 0.25) is 0 Å². The van der Waals surface area contributed by atoms with Crippen LogP contribution in [0.2, 0.25) is 0 Å². The Balaban J connectivity index is 1.88. The second-order valence-corrected chi connectivity index (χ2v) is 5.58. The van der Waals surface area contributed by atoms with Gasteiger partial charge in [0.15, 0.2) is 0 Å². The molecule has 2 aromatic rings. The monoisotopic (exact) mass is 361 g/mol. The Morgan fingerprint density at radius 2 is 1.68 bits per heavy atom. The molecule has 0 saturated carbocycles. The summed E-state index contributed by atoms with van der Waals surface area (Å²) < 4.78 is 0.898. The highest BCUT2D eigenvalue weighted by molar-refractivity contribution is 9.10. The van der Waals surface area contributed by atoms with Gasteiger partial charge in [0.25, 0.3) is 0 Å². The fourth-order valence-corrected chi connectivity index (χ4v) is 2.11. The Morgan fingerprint density at radius 1 is 1.00 bits per heavy atom. The predicted molar refractivity (Wildman–Crippen MR) is 89.0 cm³/mol. The van der Waals surface area contributed by atoms with Gasteiger partial charge in [0.05, 0.1) is 0 Å². The van der Waals surface area contributed by atoms with E-state index < -0.39 is 11.8 Å². The largest absolute Gasteiger partial charge is 0.344 e. The summed E-state index contributed by atoms with van der Waals surface area (Å²) >= 11 is 3.30. The number of nitrogens with two attached hydrogens (primary N) is 1. The molecule has 114 valence electrons. The van der Waals surface area contributed by atoms with Crippen LogP contribution in [0.4, 0.5) is 5.69 Å². The van der Waals surface area contributed by atoms with E-state index in [9.17, 15) is 9.59 Å². The fourth-order valence-electron chi connectivity index (χ4n) is 1.85. The summed E-state index contributed by atoms with van der Waals surface area (Å²) in [6, 6.07) is 14.5. The first-order valence-electron chi connectivity index (χ1n) is 6.71. The van der Waals surface area contributed by atoms with Crippen molar-refractivity contribution < 1.29 is 9.59 Å². The maximum Gasteiger partial charge on any atom is 0.313 e. The SMILES string of the molecule is NCc1cccc(CNC(=O)C(=O)Nc2ccc(Br)cc2)c1. The van der Waals surface area contributed by atoms with Gasteiger partial charge in [0, 0.05) is 23.2 Å². The van der Waals surface area contributed by atoms with E-state index in [1.54, 1.807) is 24.3 Å². The molecule has 0 radical (unpaired) electrons. The van der Waals surface area contributed by atoms with E-state index >= 15 is 0 Å². The lowest BCUT2D eigenvalue weighted by Gasteiger charge is -2.07. The van der Waals surface area contributed by atoms with E-state index in [1.165, 1.54) is 0 Å². The summed E-state index contributed by atoms with van der Waals surface area (Å²) in [5, 5.41) is 5.12. The number of hydrogen-bond acceptors (Lipinski definition) is 3. The van der Waals surface area contributed by atoms with E-state index in [0.29, 0.717) is 12.2 Å². The molecule has 0 heterocycles. The van der Waals surface area contributed by atoms with Crippen molar-refractivity contribution in [1.82, 2.24) is 5.32 Å². The molecule has 0 saturated heterocycles. The number of amides is 2. The molecule has 6 heteroatoms. The first kappa shape index (κ1) is 16.2. The normalized spacial score (nSPS) is 10.1. The molecular formula is C16H16BrN3O2. The summed E-state index contributed by atoms with van der Waals surface area (Å²) in [5.74, 6) is -1.38. The molecule has 0 aliphatic carbocycles. The molecule has 4 N–H and O–H groups in total. The van der Waals surface area contributed by atoms with E-state index in [0.717, 1.165) is 15.6 Å². The van der Waals surface area contributed by atoms with Crippen molar-refractivity contribution in [2.45, 2.75) is 13.1 Å². The Hall–Kier alpha value is -2.18. The topological polar surface area (TPSA) is 84.2 Å². The number of benzene rings is 2. The molecule has 0 aliphatic rings. The van der Waals surface area contributed by atoms with Crippen molar-refractivity contribution in [3.8, 4) is 0 Å². The van der Waals surface area contributed by atoms with Gasteiger partial charge in [0.1, 0.15) is 0 Å². The standard InChI is InChI=1S/C16H16BrN3O2/c17-13-4-6-14(7-5-13)20-16(22)15(21)19-10-12-3-1-2-11(8-12)9-18/h1-8H,9-10,18H2,(H,19,21)(H,20,22). The zero-order valence-corrected chi connectivity index (χ0v) is 13.4. The summed E-state index contributed by atoms with van der Waals surface area (Å²) in [6.45, 7) is 0.715. The Labute approximate surface area is 137 Å². The summed E-state index contributed by atoms with van der Waals surface area (Å²) in [6.07, 6.45) is 0. The average Bonchev–Trinajstić information content (AvgIpc) is 2.54. The zero-order valence-electron chi connectivity index (χ0n) is 11.8. The molecular weight excluding hydrogens is 346 g/mol. The molecule has 0 fully saturated rings. The molecule has 0 aliphatic heterocycles. The van der Waals surface area contributed by atoms with Gasteiger partial charge in [-0.1, -0.05) is 40.2 Å². The van der Waals surface area contributed by atoms with E-state index in [1.807, 2.05) is 24.3 Å². The molecule has 2 aromatic carbocycles. The van der Waals surface area contributed by atoms with Crippen molar-refractivity contribution in [1.29, 1.82) is 0 Å². The van der Waals surface area contributed by atoms with Crippen molar-refractivity contribution in [3.05, 3.63) is 64.1 Å². The smallest absolute Gasteiger partial charge is 0.313 e. The molecule has 0 spiro atoms. The van der Waals surface area contributed by atoms with Gasteiger partial charge >= 0.3 is 11.8 Å². The van der Waals surface area contributed by atoms with Crippen LogP contribution in [0.25, 0.3) is 0 Å². The van der Waals surface area contributed by atoms with Gasteiger partial charge < -0.3 is 16.4 Å². The minimum Gasteiger partial charge on any atom is -0.344 e. The Bertz CT molecular complexity index is 671. The van der Waals surface area contributed by atoms with E-state index in [2.05, 4.69) is 26.6 Å². The lowest BCUT2D eigenvalue weighted by atomic mass is 10.1. The lowest BCUT2D eigenvalue weighted by Crippen LogP contribution is -2.34. The van der Waals surface area contributed by atoms with Crippen LogP contribution < -0.4 is 16.4 Å². The van der Waals surface area contributed by atoms with Crippen LogP contribution in [-0.4, -0.2) is 11.8 Å². The fraction of sp³-hybridized carbons (Fsp3) is 0.125. The third-order valence-electron chi connectivity index (χ3n) is 2.99. The molecule has 0 atom stereocenters. The van der Waals surface area contributed by atoms with Gasteiger partial charge in [-0.05, 0) is 35.4 Å². The Morgan fingerprint density at radius 3 is 2.36 bits per heavy atom. The van der Waals surface area contributed by atoms with Crippen LogP contribution in [0.3, 0.4) is 0 Å². The number of carbonyl (C=O) groups excluding carboxylic acids is 2. The van der Waals surface area contributed by atoms with E-state index in [-0.39, 0.29) is 6.54 Å². The van der Waals surface area contributed by atoms with Crippen LogP contribution in [0.15, 0.2) is 53.0 Å². The highest BCUT2D eigenvalue weighted by Gasteiger charge is 2.13. The van der Waals surface area contributed by atoms with E-state index in [4.69, 9.17) is 5.73 Å². The third-order valence-corrected chi connectivity index (χ3v) is 3.52. The van der Waals surface area contributed by atoms with Crippen LogP contribution in [0.1, 0.15) is 11.1 Å². The average molecular weight is 362 g/mol. The number of halogens is 1. The molecule has 0 unspecified atom stereocenters. The lowest BCUT2D eigenvalue weighted by molar-refractivity contribution is -0.136. The van der Waals surface area contributed by atoms with Crippen molar-refractivity contribution >= 4 is 33.4 Å². The number of carbonyl (C=O) groups is 2. The summed E-state index contributed by atoms with van der Waals surface area (Å²) in [4.78, 5) is 23.6. The number of nitrogens with one attached hydrogen (secondary N) is 2. The number of anilines is 1. The van der Waals surface area contributed by atoms with Crippen LogP contribution in [-0.2, 0) is 22.7 Å². The maximum absolute atomic E-state index is 11.8. The van der Waals surface area contributed by atoms with Crippen molar-refractivity contribution in [2.24, 2.45) is 5.73 Å². The number of rotatable bonds is 4. The quantitative estimate of drug-likeness (QED) is 0.729. The van der Waals surface area contributed by atoms with Gasteiger partial charge in [-0.3, -0.25) is 9.59 Å². The molecule has 0 aromatic heterocycles. The first-order chi connectivity index (χ1) is 10.6. The second-order valence-electron chi connectivity index (χ2n) is 4.67. The summed E-state index contributed by atoms with van der Waals surface area (Å²) in [5.41, 5.74) is 8.00.